The monoisotopic (exact) mass is 343 g/mol. The van der Waals surface area contributed by atoms with E-state index in [1.165, 1.54) is 6.20 Å². The van der Waals surface area contributed by atoms with Gasteiger partial charge in [-0.3, -0.25) is 4.79 Å². The minimum atomic E-state index is -0.434. The zero-order valence-electron chi connectivity index (χ0n) is 10.9. The molecule has 7 heteroatoms. The second kappa shape index (κ2) is 6.98. The fourth-order valence-electron chi connectivity index (χ4n) is 1.80. The van der Waals surface area contributed by atoms with Crippen LogP contribution in [0.1, 0.15) is 11.1 Å². The summed E-state index contributed by atoms with van der Waals surface area (Å²) in [5, 5.41) is 4.51. The lowest BCUT2D eigenvalue weighted by molar-refractivity contribution is -0.117. The molecule has 3 N–H and O–H groups in total. The van der Waals surface area contributed by atoms with Gasteiger partial charge in [0.1, 0.15) is 5.15 Å². The Labute approximate surface area is 137 Å². The number of aromatic nitrogens is 1. The molecular weight excluding hydrogens is 333 g/mol. The summed E-state index contributed by atoms with van der Waals surface area (Å²) < 4.78 is 0. The molecule has 0 unspecified atom stereocenters. The second-order valence-electron chi connectivity index (χ2n) is 4.41. The Morgan fingerprint density at radius 2 is 1.95 bits per heavy atom. The van der Waals surface area contributed by atoms with E-state index in [-0.39, 0.29) is 6.42 Å². The Bertz CT molecular complexity index is 677. The molecule has 2 rings (SSSR count). The molecule has 0 aliphatic carbocycles. The first-order chi connectivity index (χ1) is 9.95. The van der Waals surface area contributed by atoms with E-state index in [2.05, 4.69) is 10.3 Å². The maximum atomic E-state index is 11.1. The van der Waals surface area contributed by atoms with Gasteiger partial charge in [-0.1, -0.05) is 40.9 Å². The first kappa shape index (κ1) is 15.9. The topological polar surface area (TPSA) is 68.0 Å². The molecule has 1 aromatic heterocycles. The SMILES string of the molecule is NC(=O)Cc1cnc(Cl)cc1NCc1ccc(Cl)c(Cl)c1. The molecule has 0 radical (unpaired) electrons. The smallest absolute Gasteiger partial charge is 0.221 e. The van der Waals surface area contributed by atoms with Crippen molar-refractivity contribution in [2.24, 2.45) is 5.73 Å². The number of nitrogens with two attached hydrogens (primary N) is 1. The number of rotatable bonds is 5. The van der Waals surface area contributed by atoms with Crippen LogP contribution in [0.4, 0.5) is 5.69 Å². The third-order valence-electron chi connectivity index (χ3n) is 2.78. The molecule has 0 atom stereocenters. The molecular formula is C14H12Cl3N3O. The third kappa shape index (κ3) is 4.49. The van der Waals surface area contributed by atoms with Crippen LogP contribution in [0, 0.1) is 0 Å². The quantitative estimate of drug-likeness (QED) is 0.813. The summed E-state index contributed by atoms with van der Waals surface area (Å²) in [4.78, 5) is 15.0. The Hall–Kier alpha value is -1.49. The highest BCUT2D eigenvalue weighted by Gasteiger charge is 2.08. The fraction of sp³-hybridized carbons (Fsp3) is 0.143. The normalized spacial score (nSPS) is 10.4. The van der Waals surface area contributed by atoms with Crippen molar-refractivity contribution in [1.82, 2.24) is 4.98 Å². The molecule has 0 bridgehead atoms. The number of nitrogens with zero attached hydrogens (tertiary/aromatic N) is 1. The van der Waals surface area contributed by atoms with Crippen LogP contribution < -0.4 is 11.1 Å². The molecule has 0 aliphatic heterocycles. The number of halogens is 3. The Balaban J connectivity index is 2.16. The molecule has 0 saturated heterocycles. The summed E-state index contributed by atoms with van der Waals surface area (Å²) in [5.74, 6) is -0.434. The van der Waals surface area contributed by atoms with Gasteiger partial charge in [0.25, 0.3) is 0 Å². The van der Waals surface area contributed by atoms with Crippen molar-refractivity contribution in [2.45, 2.75) is 13.0 Å². The van der Waals surface area contributed by atoms with Gasteiger partial charge in [0.15, 0.2) is 0 Å². The molecule has 1 aromatic carbocycles. The van der Waals surface area contributed by atoms with E-state index in [4.69, 9.17) is 40.5 Å². The molecule has 0 spiro atoms. The summed E-state index contributed by atoms with van der Waals surface area (Å²) in [7, 11) is 0. The number of primary amides is 1. The van der Waals surface area contributed by atoms with Crippen molar-refractivity contribution in [3.05, 3.63) is 56.8 Å². The van der Waals surface area contributed by atoms with Crippen molar-refractivity contribution in [1.29, 1.82) is 0 Å². The zero-order valence-corrected chi connectivity index (χ0v) is 13.1. The highest BCUT2D eigenvalue weighted by molar-refractivity contribution is 6.42. The maximum absolute atomic E-state index is 11.1. The predicted molar refractivity (Wildman–Crippen MR) is 85.9 cm³/mol. The second-order valence-corrected chi connectivity index (χ2v) is 5.61. The number of nitrogens with one attached hydrogen (secondary N) is 1. The summed E-state index contributed by atoms with van der Waals surface area (Å²) in [6.45, 7) is 0.503. The predicted octanol–water partition coefficient (Wildman–Crippen LogP) is 3.68. The number of hydrogen-bond acceptors (Lipinski definition) is 3. The van der Waals surface area contributed by atoms with Crippen LogP contribution in [-0.2, 0) is 17.8 Å². The van der Waals surface area contributed by atoms with Gasteiger partial charge in [0, 0.05) is 24.0 Å². The van der Waals surface area contributed by atoms with Crippen molar-refractivity contribution >= 4 is 46.4 Å². The van der Waals surface area contributed by atoms with Gasteiger partial charge in [0.2, 0.25) is 5.91 Å². The van der Waals surface area contributed by atoms with Gasteiger partial charge < -0.3 is 11.1 Å². The van der Waals surface area contributed by atoms with Crippen LogP contribution in [0.25, 0.3) is 0 Å². The molecule has 4 nitrogen and oxygen atoms in total. The molecule has 2 aromatic rings. The van der Waals surface area contributed by atoms with Crippen LogP contribution in [0.3, 0.4) is 0 Å². The molecule has 0 saturated carbocycles. The van der Waals surface area contributed by atoms with Crippen LogP contribution in [0.5, 0.6) is 0 Å². The van der Waals surface area contributed by atoms with Gasteiger partial charge in [0.05, 0.1) is 16.5 Å². The van der Waals surface area contributed by atoms with Gasteiger partial charge in [-0.2, -0.15) is 0 Å². The van der Waals surface area contributed by atoms with E-state index in [1.54, 1.807) is 18.2 Å². The van der Waals surface area contributed by atoms with Gasteiger partial charge in [-0.15, -0.1) is 0 Å². The van der Waals surface area contributed by atoms with Crippen LogP contribution >= 0.6 is 34.8 Å². The molecule has 0 fully saturated rings. The number of hydrogen-bond donors (Lipinski definition) is 2. The summed E-state index contributed by atoms with van der Waals surface area (Å²) in [5.41, 5.74) is 7.56. The number of amides is 1. The molecule has 21 heavy (non-hydrogen) atoms. The van der Waals surface area contributed by atoms with Crippen LogP contribution in [-0.4, -0.2) is 10.9 Å². The number of pyridine rings is 1. The Morgan fingerprint density at radius 1 is 1.19 bits per heavy atom. The average Bonchev–Trinajstić information content (AvgIpc) is 2.42. The summed E-state index contributed by atoms with van der Waals surface area (Å²) in [6, 6.07) is 7.01. The van der Waals surface area contributed by atoms with E-state index in [9.17, 15) is 4.79 Å². The van der Waals surface area contributed by atoms with Gasteiger partial charge in [-0.25, -0.2) is 4.98 Å². The minimum absolute atomic E-state index is 0.0911. The minimum Gasteiger partial charge on any atom is -0.381 e. The molecule has 1 amide bonds. The van der Waals surface area contributed by atoms with E-state index in [1.807, 2.05) is 6.07 Å². The Morgan fingerprint density at radius 3 is 2.62 bits per heavy atom. The maximum Gasteiger partial charge on any atom is 0.221 e. The molecule has 0 aliphatic rings. The van der Waals surface area contributed by atoms with Gasteiger partial charge in [-0.05, 0) is 23.8 Å². The highest BCUT2D eigenvalue weighted by Crippen LogP contribution is 2.24. The standard InChI is InChI=1S/C14H12Cl3N3O/c15-10-2-1-8(3-11(10)16)6-19-12-5-13(17)20-7-9(12)4-14(18)21/h1-3,5,7H,4,6H2,(H2,18,21)(H,19,20). The highest BCUT2D eigenvalue weighted by atomic mass is 35.5. The van der Waals surface area contributed by atoms with Crippen LogP contribution in [0.2, 0.25) is 15.2 Å². The first-order valence-corrected chi connectivity index (χ1v) is 7.19. The van der Waals surface area contributed by atoms with Crippen molar-refractivity contribution < 1.29 is 4.79 Å². The van der Waals surface area contributed by atoms with Gasteiger partial charge >= 0.3 is 0 Å². The van der Waals surface area contributed by atoms with E-state index >= 15 is 0 Å². The zero-order chi connectivity index (χ0) is 15.4. The largest absolute Gasteiger partial charge is 0.381 e. The van der Waals surface area contributed by atoms with Crippen molar-refractivity contribution in [3.63, 3.8) is 0 Å². The average molecular weight is 345 g/mol. The summed E-state index contributed by atoms with van der Waals surface area (Å²) >= 11 is 17.7. The summed E-state index contributed by atoms with van der Waals surface area (Å²) in [6.07, 6.45) is 1.62. The fourth-order valence-corrected chi connectivity index (χ4v) is 2.28. The number of carbonyl (C=O) groups excluding carboxylic acids is 1. The molecule has 110 valence electrons. The number of anilines is 1. The van der Waals surface area contributed by atoms with E-state index < -0.39 is 5.91 Å². The van der Waals surface area contributed by atoms with Crippen LogP contribution in [0.15, 0.2) is 30.5 Å². The lowest BCUT2D eigenvalue weighted by atomic mass is 10.1. The number of carbonyl (C=O) groups is 1. The van der Waals surface area contributed by atoms with Crippen molar-refractivity contribution in [2.75, 3.05) is 5.32 Å². The van der Waals surface area contributed by atoms with Crippen molar-refractivity contribution in [3.8, 4) is 0 Å². The lowest BCUT2D eigenvalue weighted by Gasteiger charge is -2.12. The number of benzene rings is 1. The Kier molecular flexibility index (Phi) is 5.28. The van der Waals surface area contributed by atoms with E-state index in [0.29, 0.717) is 33.0 Å². The third-order valence-corrected chi connectivity index (χ3v) is 3.73. The first-order valence-electron chi connectivity index (χ1n) is 6.06. The van der Waals surface area contributed by atoms with E-state index in [0.717, 1.165) is 5.56 Å². The lowest BCUT2D eigenvalue weighted by Crippen LogP contribution is -2.15. The molecule has 1 heterocycles.